The predicted octanol–water partition coefficient (Wildman–Crippen LogP) is 2.58. The van der Waals surface area contributed by atoms with Crippen LogP contribution in [0.15, 0.2) is 29.8 Å². The number of rotatable bonds is 2. The molecule has 5 nitrogen and oxygen atoms in total. The second-order valence-corrected chi connectivity index (χ2v) is 6.53. The monoisotopic (exact) mass is 323 g/mol. The van der Waals surface area contributed by atoms with E-state index in [2.05, 4.69) is 35.4 Å². The number of aromatic nitrogens is 1. The SMILES string of the molecule is CCC1=C2c3[nH]c4ccccc4c3CCN2C(=O)C(NC(C)=O)C1. The average molecular weight is 323 g/mol. The molecule has 1 aromatic heterocycles. The Balaban J connectivity index is 1.87. The van der Waals surface area contributed by atoms with Gasteiger partial charge in [-0.2, -0.15) is 0 Å². The minimum Gasteiger partial charge on any atom is -0.353 e. The van der Waals surface area contributed by atoms with Gasteiger partial charge in [-0.25, -0.2) is 0 Å². The maximum atomic E-state index is 12.8. The van der Waals surface area contributed by atoms with Gasteiger partial charge < -0.3 is 15.2 Å². The molecule has 1 atom stereocenters. The highest BCUT2D eigenvalue weighted by Gasteiger charge is 2.38. The number of benzene rings is 1. The summed E-state index contributed by atoms with van der Waals surface area (Å²) in [5, 5.41) is 4.05. The molecular formula is C19H21N3O2. The van der Waals surface area contributed by atoms with Crippen molar-refractivity contribution >= 4 is 28.4 Å². The molecule has 2 aliphatic rings. The molecule has 0 bridgehead atoms. The van der Waals surface area contributed by atoms with Crippen molar-refractivity contribution in [2.75, 3.05) is 6.54 Å². The van der Waals surface area contributed by atoms with Gasteiger partial charge in [0.1, 0.15) is 6.04 Å². The number of fused-ring (bicyclic) bond motifs is 5. The normalized spacial score (nSPS) is 20.2. The van der Waals surface area contributed by atoms with E-state index in [0.29, 0.717) is 13.0 Å². The molecule has 2 amide bonds. The summed E-state index contributed by atoms with van der Waals surface area (Å²) in [4.78, 5) is 29.6. The van der Waals surface area contributed by atoms with E-state index in [1.807, 2.05) is 11.0 Å². The van der Waals surface area contributed by atoms with E-state index in [0.717, 1.165) is 29.7 Å². The summed E-state index contributed by atoms with van der Waals surface area (Å²) in [6.45, 7) is 4.24. The van der Waals surface area contributed by atoms with Crippen molar-refractivity contribution in [2.45, 2.75) is 39.2 Å². The molecule has 0 aliphatic carbocycles. The second kappa shape index (κ2) is 5.51. The van der Waals surface area contributed by atoms with E-state index in [1.54, 1.807) is 0 Å². The van der Waals surface area contributed by atoms with E-state index in [9.17, 15) is 9.59 Å². The molecule has 0 fully saturated rings. The van der Waals surface area contributed by atoms with Crippen LogP contribution in [0.4, 0.5) is 0 Å². The molecular weight excluding hydrogens is 302 g/mol. The fourth-order valence-electron chi connectivity index (χ4n) is 4.01. The molecule has 0 saturated carbocycles. The number of para-hydroxylation sites is 1. The number of nitrogens with zero attached hydrogens (tertiary/aromatic N) is 1. The molecule has 2 aliphatic heterocycles. The Bertz CT molecular complexity index is 878. The maximum Gasteiger partial charge on any atom is 0.249 e. The number of carbonyl (C=O) groups is 2. The predicted molar refractivity (Wildman–Crippen MR) is 93.1 cm³/mol. The third-order valence-electron chi connectivity index (χ3n) is 5.06. The first-order valence-electron chi connectivity index (χ1n) is 8.50. The molecule has 24 heavy (non-hydrogen) atoms. The lowest BCUT2D eigenvalue weighted by atomic mass is 9.89. The lowest BCUT2D eigenvalue weighted by Crippen LogP contribution is -2.52. The van der Waals surface area contributed by atoms with Crippen molar-refractivity contribution in [2.24, 2.45) is 0 Å². The van der Waals surface area contributed by atoms with Gasteiger partial charge in [0.05, 0.1) is 11.4 Å². The lowest BCUT2D eigenvalue weighted by Gasteiger charge is -2.39. The van der Waals surface area contributed by atoms with Gasteiger partial charge in [-0.15, -0.1) is 0 Å². The Labute approximate surface area is 140 Å². The van der Waals surface area contributed by atoms with Gasteiger partial charge >= 0.3 is 0 Å². The standard InChI is InChI=1S/C19H21N3O2/c1-3-12-10-16(20-11(2)23)19(24)22-9-8-14-13-6-4-5-7-15(13)21-17(14)18(12)22/h4-7,16,21H,3,8-10H2,1-2H3,(H,20,23). The molecule has 4 rings (SSSR count). The van der Waals surface area contributed by atoms with Gasteiger partial charge in [-0.1, -0.05) is 25.1 Å². The van der Waals surface area contributed by atoms with Crippen molar-refractivity contribution in [1.29, 1.82) is 0 Å². The summed E-state index contributed by atoms with van der Waals surface area (Å²) in [6.07, 6.45) is 2.29. The molecule has 2 N–H and O–H groups in total. The molecule has 124 valence electrons. The summed E-state index contributed by atoms with van der Waals surface area (Å²) >= 11 is 0. The van der Waals surface area contributed by atoms with Crippen molar-refractivity contribution in [3.05, 3.63) is 41.1 Å². The number of nitrogens with one attached hydrogen (secondary N) is 2. The van der Waals surface area contributed by atoms with Gasteiger partial charge in [0, 0.05) is 24.4 Å². The van der Waals surface area contributed by atoms with E-state index in [1.165, 1.54) is 23.4 Å². The first-order chi connectivity index (χ1) is 11.6. The summed E-state index contributed by atoms with van der Waals surface area (Å²) < 4.78 is 0. The topological polar surface area (TPSA) is 65.2 Å². The zero-order valence-electron chi connectivity index (χ0n) is 14.0. The second-order valence-electron chi connectivity index (χ2n) is 6.53. The molecule has 0 radical (unpaired) electrons. The Kier molecular flexibility index (Phi) is 3.44. The van der Waals surface area contributed by atoms with Gasteiger partial charge in [0.15, 0.2) is 0 Å². The summed E-state index contributed by atoms with van der Waals surface area (Å²) in [5.74, 6) is -0.155. The zero-order valence-corrected chi connectivity index (χ0v) is 14.0. The third kappa shape index (κ3) is 2.15. The van der Waals surface area contributed by atoms with Crippen LogP contribution >= 0.6 is 0 Å². The summed E-state index contributed by atoms with van der Waals surface area (Å²) in [5.41, 5.74) is 5.74. The van der Waals surface area contributed by atoms with Crippen LogP contribution in [0, 0.1) is 0 Å². The lowest BCUT2D eigenvalue weighted by molar-refractivity contribution is -0.134. The molecule has 3 heterocycles. The number of H-pyrrole nitrogens is 1. The summed E-state index contributed by atoms with van der Waals surface area (Å²) in [6, 6.07) is 7.85. The van der Waals surface area contributed by atoms with E-state index >= 15 is 0 Å². The number of hydrogen-bond acceptors (Lipinski definition) is 2. The Morgan fingerprint density at radius 3 is 2.92 bits per heavy atom. The molecule has 0 spiro atoms. The van der Waals surface area contributed by atoms with Gasteiger partial charge in [0.25, 0.3) is 0 Å². The van der Waals surface area contributed by atoms with Gasteiger partial charge in [-0.05, 0) is 36.5 Å². The number of amides is 2. The molecule has 5 heteroatoms. The fraction of sp³-hybridized carbons (Fsp3) is 0.368. The Morgan fingerprint density at radius 2 is 2.17 bits per heavy atom. The number of aromatic amines is 1. The van der Waals surface area contributed by atoms with E-state index in [-0.39, 0.29) is 11.8 Å². The molecule has 1 unspecified atom stereocenters. The van der Waals surface area contributed by atoms with E-state index < -0.39 is 6.04 Å². The number of carbonyl (C=O) groups excluding carboxylic acids is 2. The number of hydrogen-bond donors (Lipinski definition) is 2. The molecule has 0 saturated heterocycles. The van der Waals surface area contributed by atoms with Gasteiger partial charge in [0.2, 0.25) is 11.8 Å². The van der Waals surface area contributed by atoms with Crippen LogP contribution in [0.5, 0.6) is 0 Å². The molecule has 2 aromatic rings. The Morgan fingerprint density at radius 1 is 1.38 bits per heavy atom. The smallest absolute Gasteiger partial charge is 0.249 e. The van der Waals surface area contributed by atoms with Gasteiger partial charge in [-0.3, -0.25) is 9.59 Å². The Hall–Kier alpha value is -2.56. The van der Waals surface area contributed by atoms with Crippen LogP contribution < -0.4 is 5.32 Å². The average Bonchev–Trinajstić information content (AvgIpc) is 2.95. The van der Waals surface area contributed by atoms with Crippen LogP contribution in [0.25, 0.3) is 16.6 Å². The largest absolute Gasteiger partial charge is 0.353 e. The highest BCUT2D eigenvalue weighted by molar-refractivity contribution is 5.99. The highest BCUT2D eigenvalue weighted by atomic mass is 16.2. The quantitative estimate of drug-likeness (QED) is 0.892. The molecule has 1 aromatic carbocycles. The van der Waals surface area contributed by atoms with Crippen LogP contribution in [0.2, 0.25) is 0 Å². The first kappa shape index (κ1) is 15.0. The summed E-state index contributed by atoms with van der Waals surface area (Å²) in [7, 11) is 0. The van der Waals surface area contributed by atoms with Crippen molar-refractivity contribution in [3.8, 4) is 0 Å². The van der Waals surface area contributed by atoms with Crippen LogP contribution in [-0.2, 0) is 16.0 Å². The van der Waals surface area contributed by atoms with Crippen molar-refractivity contribution in [1.82, 2.24) is 15.2 Å². The van der Waals surface area contributed by atoms with Crippen molar-refractivity contribution in [3.63, 3.8) is 0 Å². The third-order valence-corrected chi connectivity index (χ3v) is 5.06. The highest BCUT2D eigenvalue weighted by Crippen LogP contribution is 2.40. The van der Waals surface area contributed by atoms with Crippen LogP contribution in [0.3, 0.4) is 0 Å². The van der Waals surface area contributed by atoms with Crippen LogP contribution in [-0.4, -0.2) is 34.3 Å². The van der Waals surface area contributed by atoms with Crippen LogP contribution in [0.1, 0.15) is 37.9 Å². The maximum absolute atomic E-state index is 12.8. The van der Waals surface area contributed by atoms with Crippen molar-refractivity contribution < 1.29 is 9.59 Å². The minimum absolute atomic E-state index is 0.00158. The fourth-order valence-corrected chi connectivity index (χ4v) is 4.01. The first-order valence-corrected chi connectivity index (χ1v) is 8.50. The minimum atomic E-state index is -0.438. The van der Waals surface area contributed by atoms with E-state index in [4.69, 9.17) is 0 Å². The zero-order chi connectivity index (χ0) is 16.8.